The fraction of sp³-hybridized carbons (Fsp3) is 0.500. The molecule has 17 heavy (non-hydrogen) atoms. The molecule has 0 aliphatic heterocycles. The van der Waals surface area contributed by atoms with Crippen molar-refractivity contribution in [1.82, 2.24) is 0 Å². The summed E-state index contributed by atoms with van der Waals surface area (Å²) in [7, 11) is -2.87. The summed E-state index contributed by atoms with van der Waals surface area (Å²) in [6.45, 7) is 0.617. The van der Waals surface area contributed by atoms with Gasteiger partial charge in [-0.1, -0.05) is 30.3 Å². The van der Waals surface area contributed by atoms with Crippen LogP contribution in [0.4, 0.5) is 0 Å². The number of sulfone groups is 1. The molecule has 1 aromatic rings. The van der Waals surface area contributed by atoms with Gasteiger partial charge in [-0.15, -0.1) is 0 Å². The van der Waals surface area contributed by atoms with Gasteiger partial charge in [0.2, 0.25) is 0 Å². The first-order valence-electron chi connectivity index (χ1n) is 5.57. The number of thioether (sulfide) groups is 1. The van der Waals surface area contributed by atoms with Gasteiger partial charge in [-0.25, -0.2) is 8.42 Å². The van der Waals surface area contributed by atoms with Crippen LogP contribution in [-0.4, -0.2) is 32.7 Å². The Balaban J connectivity index is 2.56. The van der Waals surface area contributed by atoms with E-state index in [0.29, 0.717) is 17.5 Å². The summed E-state index contributed by atoms with van der Waals surface area (Å²) in [5.74, 6) is 0.851. The quantitative estimate of drug-likeness (QED) is 0.823. The molecule has 1 atom stereocenters. The molecule has 0 aliphatic rings. The fourth-order valence-corrected chi connectivity index (χ4v) is 4.04. The summed E-state index contributed by atoms with van der Waals surface area (Å²) < 4.78 is 22.1. The lowest BCUT2D eigenvalue weighted by atomic mass is 10.1. The highest BCUT2D eigenvalue weighted by molar-refractivity contribution is 8.00. The van der Waals surface area contributed by atoms with Gasteiger partial charge in [0.15, 0.2) is 0 Å². The molecule has 0 radical (unpaired) electrons. The molecule has 0 amide bonds. The third kappa shape index (κ3) is 6.10. The SMILES string of the molecule is CS(=O)(=O)CCSC(CCN)c1ccccc1. The zero-order chi connectivity index (χ0) is 12.7. The Morgan fingerprint density at radius 2 is 1.94 bits per heavy atom. The van der Waals surface area contributed by atoms with Gasteiger partial charge >= 0.3 is 0 Å². The van der Waals surface area contributed by atoms with Crippen molar-refractivity contribution >= 4 is 21.6 Å². The second kappa shape index (κ2) is 7.03. The van der Waals surface area contributed by atoms with E-state index in [-0.39, 0.29) is 5.75 Å². The number of nitrogens with two attached hydrogens (primary N) is 1. The second-order valence-electron chi connectivity index (χ2n) is 3.98. The molecule has 2 N–H and O–H groups in total. The standard InChI is InChI=1S/C12H19NO2S2/c1-17(14,15)10-9-16-12(7-8-13)11-5-3-2-4-6-11/h2-6,12H,7-10,13H2,1H3. The Labute approximate surface area is 108 Å². The van der Waals surface area contributed by atoms with E-state index >= 15 is 0 Å². The summed E-state index contributed by atoms with van der Waals surface area (Å²) in [6.07, 6.45) is 2.15. The molecule has 0 aliphatic carbocycles. The predicted molar refractivity (Wildman–Crippen MR) is 75.0 cm³/mol. The topological polar surface area (TPSA) is 60.2 Å². The van der Waals surface area contributed by atoms with Crippen LogP contribution < -0.4 is 5.73 Å². The van der Waals surface area contributed by atoms with Crippen molar-refractivity contribution in [3.8, 4) is 0 Å². The van der Waals surface area contributed by atoms with E-state index in [9.17, 15) is 8.42 Å². The van der Waals surface area contributed by atoms with Crippen molar-refractivity contribution < 1.29 is 8.42 Å². The molecule has 0 fully saturated rings. The molecule has 5 heteroatoms. The summed E-state index contributed by atoms with van der Waals surface area (Å²) in [5.41, 5.74) is 6.81. The fourth-order valence-electron chi connectivity index (χ4n) is 1.51. The molecule has 0 aromatic heterocycles. The first-order chi connectivity index (χ1) is 8.03. The number of benzene rings is 1. The Bertz CT molecular complexity index is 417. The van der Waals surface area contributed by atoms with E-state index in [0.717, 1.165) is 6.42 Å². The van der Waals surface area contributed by atoms with Gasteiger partial charge in [-0.05, 0) is 18.5 Å². The molecule has 1 unspecified atom stereocenters. The van der Waals surface area contributed by atoms with Crippen molar-refractivity contribution in [2.45, 2.75) is 11.7 Å². The minimum absolute atomic E-state index is 0.228. The Morgan fingerprint density at radius 3 is 2.47 bits per heavy atom. The smallest absolute Gasteiger partial charge is 0.148 e. The van der Waals surface area contributed by atoms with Gasteiger partial charge < -0.3 is 5.73 Å². The minimum Gasteiger partial charge on any atom is -0.330 e. The van der Waals surface area contributed by atoms with Crippen LogP contribution in [0.15, 0.2) is 30.3 Å². The Morgan fingerprint density at radius 1 is 1.29 bits per heavy atom. The maximum absolute atomic E-state index is 11.1. The monoisotopic (exact) mass is 273 g/mol. The van der Waals surface area contributed by atoms with Crippen molar-refractivity contribution in [1.29, 1.82) is 0 Å². The van der Waals surface area contributed by atoms with Crippen LogP contribution >= 0.6 is 11.8 Å². The molecule has 0 spiro atoms. The van der Waals surface area contributed by atoms with Gasteiger partial charge in [0, 0.05) is 17.3 Å². The van der Waals surface area contributed by atoms with E-state index in [1.165, 1.54) is 11.8 Å². The maximum atomic E-state index is 11.1. The first kappa shape index (κ1) is 14.5. The average Bonchev–Trinajstić information content (AvgIpc) is 2.27. The highest BCUT2D eigenvalue weighted by atomic mass is 32.2. The van der Waals surface area contributed by atoms with Gasteiger partial charge in [0.05, 0.1) is 5.75 Å². The van der Waals surface area contributed by atoms with E-state index in [2.05, 4.69) is 12.1 Å². The summed E-state index contributed by atoms with van der Waals surface area (Å²) in [5, 5.41) is 0.294. The van der Waals surface area contributed by atoms with Crippen LogP contribution in [0.25, 0.3) is 0 Å². The number of rotatable bonds is 7. The molecule has 0 saturated carbocycles. The molecular weight excluding hydrogens is 254 g/mol. The average molecular weight is 273 g/mol. The van der Waals surface area contributed by atoms with Crippen molar-refractivity contribution in [2.24, 2.45) is 5.73 Å². The highest BCUT2D eigenvalue weighted by Crippen LogP contribution is 2.31. The van der Waals surface area contributed by atoms with Crippen LogP contribution in [0.2, 0.25) is 0 Å². The second-order valence-corrected chi connectivity index (χ2v) is 7.55. The van der Waals surface area contributed by atoms with Crippen LogP contribution in [0.3, 0.4) is 0 Å². The van der Waals surface area contributed by atoms with E-state index in [1.807, 2.05) is 18.2 Å². The minimum atomic E-state index is -2.87. The predicted octanol–water partition coefficient (Wildman–Crippen LogP) is 1.85. The Hall–Kier alpha value is -0.520. The molecule has 1 rings (SSSR count). The Kier molecular flexibility index (Phi) is 6.02. The molecule has 1 aromatic carbocycles. The highest BCUT2D eigenvalue weighted by Gasteiger charge is 2.12. The van der Waals surface area contributed by atoms with Crippen LogP contribution in [0.5, 0.6) is 0 Å². The maximum Gasteiger partial charge on any atom is 0.148 e. The number of hydrogen-bond donors (Lipinski definition) is 1. The van der Waals surface area contributed by atoms with Crippen molar-refractivity contribution in [2.75, 3.05) is 24.3 Å². The van der Waals surface area contributed by atoms with E-state index in [4.69, 9.17) is 5.73 Å². The van der Waals surface area contributed by atoms with Crippen LogP contribution in [-0.2, 0) is 9.84 Å². The largest absolute Gasteiger partial charge is 0.330 e. The molecule has 3 nitrogen and oxygen atoms in total. The first-order valence-corrected chi connectivity index (χ1v) is 8.68. The summed E-state index contributed by atoms with van der Waals surface area (Å²) >= 11 is 1.67. The normalized spacial score (nSPS) is 13.5. The van der Waals surface area contributed by atoms with Crippen molar-refractivity contribution in [3.63, 3.8) is 0 Å². The molecule has 96 valence electrons. The van der Waals surface area contributed by atoms with Crippen LogP contribution in [0, 0.1) is 0 Å². The van der Waals surface area contributed by atoms with Gasteiger partial charge in [-0.2, -0.15) is 11.8 Å². The van der Waals surface area contributed by atoms with Gasteiger partial charge in [0.1, 0.15) is 9.84 Å². The number of hydrogen-bond acceptors (Lipinski definition) is 4. The third-order valence-electron chi connectivity index (χ3n) is 2.37. The van der Waals surface area contributed by atoms with Gasteiger partial charge in [-0.3, -0.25) is 0 Å². The molecular formula is C12H19NO2S2. The molecule has 0 heterocycles. The zero-order valence-electron chi connectivity index (χ0n) is 10.0. The summed E-state index contributed by atoms with van der Waals surface area (Å²) in [4.78, 5) is 0. The van der Waals surface area contributed by atoms with E-state index < -0.39 is 9.84 Å². The molecule has 0 saturated heterocycles. The lowest BCUT2D eigenvalue weighted by Crippen LogP contribution is -2.09. The van der Waals surface area contributed by atoms with Gasteiger partial charge in [0.25, 0.3) is 0 Å². The third-order valence-corrected chi connectivity index (χ3v) is 4.93. The van der Waals surface area contributed by atoms with E-state index in [1.54, 1.807) is 11.8 Å². The van der Waals surface area contributed by atoms with Crippen LogP contribution in [0.1, 0.15) is 17.2 Å². The summed E-state index contributed by atoms with van der Waals surface area (Å²) in [6, 6.07) is 10.1. The lowest BCUT2D eigenvalue weighted by Gasteiger charge is -2.15. The van der Waals surface area contributed by atoms with Crippen molar-refractivity contribution in [3.05, 3.63) is 35.9 Å². The lowest BCUT2D eigenvalue weighted by molar-refractivity contribution is 0.603. The molecule has 0 bridgehead atoms. The zero-order valence-corrected chi connectivity index (χ0v) is 11.6.